The van der Waals surface area contributed by atoms with E-state index in [4.69, 9.17) is 14.6 Å². The zero-order chi connectivity index (χ0) is 14.3. The van der Waals surface area contributed by atoms with Crippen LogP contribution in [0, 0.1) is 0 Å². The molecule has 0 saturated carbocycles. The van der Waals surface area contributed by atoms with Gasteiger partial charge in [-0.3, -0.25) is 14.9 Å². The van der Waals surface area contributed by atoms with Crippen LogP contribution in [0.1, 0.15) is 0 Å². The van der Waals surface area contributed by atoms with Crippen LogP contribution in [-0.4, -0.2) is 52.7 Å². The number of hydrogen-bond donors (Lipinski definition) is 2. The van der Waals surface area contributed by atoms with Gasteiger partial charge in [0.25, 0.3) is 0 Å². The molecule has 19 heavy (non-hydrogen) atoms. The molecule has 104 valence electrons. The van der Waals surface area contributed by atoms with Crippen molar-refractivity contribution in [3.05, 3.63) is 6.07 Å². The molecule has 0 unspecified atom stereocenters. The molecule has 0 spiro atoms. The Labute approximate surface area is 113 Å². The number of carbonyl (C=O) groups excluding carboxylic acids is 1. The quantitative estimate of drug-likeness (QED) is 0.734. The van der Waals surface area contributed by atoms with Gasteiger partial charge in [0.2, 0.25) is 23.6 Å². The van der Waals surface area contributed by atoms with Crippen molar-refractivity contribution in [1.29, 1.82) is 0 Å². The van der Waals surface area contributed by atoms with Gasteiger partial charge in [0, 0.05) is 0 Å². The third-order valence-electron chi connectivity index (χ3n) is 1.81. The van der Waals surface area contributed by atoms with Crippen LogP contribution in [0.25, 0.3) is 0 Å². The molecule has 0 bridgehead atoms. The molecule has 8 nitrogen and oxygen atoms in total. The number of thioether (sulfide) groups is 1. The summed E-state index contributed by atoms with van der Waals surface area (Å²) in [6.07, 6.45) is 0. The number of ether oxygens (including phenoxy) is 2. The Morgan fingerprint density at radius 2 is 1.84 bits per heavy atom. The van der Waals surface area contributed by atoms with E-state index < -0.39 is 11.9 Å². The summed E-state index contributed by atoms with van der Waals surface area (Å²) in [5.74, 6) is -0.985. The molecule has 1 amide bonds. The fraction of sp³-hybridized carbons (Fsp3) is 0.400. The number of hydrogen-bond acceptors (Lipinski definition) is 7. The first-order valence-electron chi connectivity index (χ1n) is 5.11. The fourth-order valence-electron chi connectivity index (χ4n) is 1.06. The summed E-state index contributed by atoms with van der Waals surface area (Å²) in [6, 6.07) is 1.47. The van der Waals surface area contributed by atoms with Gasteiger partial charge < -0.3 is 14.6 Å². The molecule has 1 aromatic rings. The van der Waals surface area contributed by atoms with Gasteiger partial charge in [-0.05, 0) is 0 Å². The molecule has 9 heteroatoms. The topological polar surface area (TPSA) is 111 Å². The zero-order valence-electron chi connectivity index (χ0n) is 10.4. The van der Waals surface area contributed by atoms with E-state index in [0.717, 1.165) is 11.8 Å². The lowest BCUT2D eigenvalue weighted by atomic mass is 10.6. The van der Waals surface area contributed by atoms with Crippen LogP contribution in [0.5, 0.6) is 11.8 Å². The minimum absolute atomic E-state index is 0.00478. The van der Waals surface area contributed by atoms with Gasteiger partial charge in [-0.1, -0.05) is 0 Å². The van der Waals surface area contributed by atoms with E-state index in [1.165, 1.54) is 20.3 Å². The van der Waals surface area contributed by atoms with E-state index in [0.29, 0.717) is 0 Å². The number of rotatable bonds is 7. The molecule has 0 aliphatic carbocycles. The number of amides is 1. The second kappa shape index (κ2) is 7.41. The van der Waals surface area contributed by atoms with Crippen molar-refractivity contribution in [2.24, 2.45) is 0 Å². The predicted octanol–water partition coefficient (Wildman–Crippen LogP) is 0.250. The second-order valence-corrected chi connectivity index (χ2v) is 4.20. The van der Waals surface area contributed by atoms with Crippen LogP contribution in [-0.2, 0) is 9.59 Å². The van der Waals surface area contributed by atoms with Crippen LogP contribution < -0.4 is 14.8 Å². The van der Waals surface area contributed by atoms with Crippen molar-refractivity contribution in [3.8, 4) is 11.8 Å². The Bertz CT molecular complexity index is 446. The highest BCUT2D eigenvalue weighted by atomic mass is 32.2. The standard InChI is InChI=1S/C10H13N3O5S/c1-17-7-3-8(18-2)13-10(12-7)11-6(14)4-19-5-9(15)16/h3H,4-5H2,1-2H3,(H,15,16)(H,11,12,13,14). The third-order valence-corrected chi connectivity index (χ3v) is 2.72. The maximum Gasteiger partial charge on any atom is 0.313 e. The van der Waals surface area contributed by atoms with Gasteiger partial charge in [-0.25, -0.2) is 0 Å². The van der Waals surface area contributed by atoms with Crippen LogP contribution >= 0.6 is 11.8 Å². The van der Waals surface area contributed by atoms with Crippen LogP contribution in [0.3, 0.4) is 0 Å². The molecule has 0 aromatic carbocycles. The summed E-state index contributed by atoms with van der Waals surface area (Å²) in [5, 5.41) is 10.9. The minimum atomic E-state index is -0.975. The lowest BCUT2D eigenvalue weighted by molar-refractivity contribution is -0.133. The molecule has 1 aromatic heterocycles. The zero-order valence-corrected chi connectivity index (χ0v) is 11.2. The number of aliphatic carboxylic acids is 1. The second-order valence-electron chi connectivity index (χ2n) is 3.21. The van der Waals surface area contributed by atoms with Crippen molar-refractivity contribution in [1.82, 2.24) is 9.97 Å². The van der Waals surface area contributed by atoms with Crippen molar-refractivity contribution < 1.29 is 24.2 Å². The van der Waals surface area contributed by atoms with E-state index in [1.54, 1.807) is 0 Å². The van der Waals surface area contributed by atoms with Crippen molar-refractivity contribution >= 4 is 29.6 Å². The SMILES string of the molecule is COc1cc(OC)nc(NC(=O)CSCC(=O)O)n1. The first-order chi connectivity index (χ1) is 9.05. The smallest absolute Gasteiger partial charge is 0.313 e. The number of nitrogens with one attached hydrogen (secondary N) is 1. The van der Waals surface area contributed by atoms with Gasteiger partial charge in [0.15, 0.2) is 0 Å². The van der Waals surface area contributed by atoms with E-state index in [-0.39, 0.29) is 29.2 Å². The lowest BCUT2D eigenvalue weighted by Crippen LogP contribution is -2.17. The van der Waals surface area contributed by atoms with E-state index in [9.17, 15) is 9.59 Å². The van der Waals surface area contributed by atoms with Crippen LogP contribution in [0.4, 0.5) is 5.95 Å². The maximum absolute atomic E-state index is 11.5. The van der Waals surface area contributed by atoms with Gasteiger partial charge in [0.1, 0.15) is 0 Å². The molecule has 0 saturated heterocycles. The first-order valence-corrected chi connectivity index (χ1v) is 6.27. The van der Waals surface area contributed by atoms with Crippen LogP contribution in [0.15, 0.2) is 6.07 Å². The molecule has 0 radical (unpaired) electrons. The third kappa shape index (κ3) is 5.42. The van der Waals surface area contributed by atoms with Crippen LogP contribution in [0.2, 0.25) is 0 Å². The Kier molecular flexibility index (Phi) is 5.86. The number of nitrogens with zero attached hydrogens (tertiary/aromatic N) is 2. The molecule has 0 fully saturated rings. The number of carboxylic acids is 1. The summed E-state index contributed by atoms with van der Waals surface area (Å²) in [5.41, 5.74) is 0. The first kappa shape index (κ1) is 15.0. The molecule has 0 atom stereocenters. The minimum Gasteiger partial charge on any atom is -0.481 e. The lowest BCUT2D eigenvalue weighted by Gasteiger charge is -2.07. The highest BCUT2D eigenvalue weighted by Crippen LogP contribution is 2.17. The Morgan fingerprint density at radius 3 is 2.32 bits per heavy atom. The average molecular weight is 287 g/mol. The van der Waals surface area contributed by atoms with Crippen molar-refractivity contribution in [2.75, 3.05) is 31.0 Å². The number of carboxylic acid groups (broad SMARTS) is 1. The average Bonchev–Trinajstić information content (AvgIpc) is 2.37. The highest BCUT2D eigenvalue weighted by molar-refractivity contribution is 8.00. The van der Waals surface area contributed by atoms with Gasteiger partial charge in [0.05, 0.1) is 31.8 Å². The number of methoxy groups -OCH3 is 2. The number of carbonyl (C=O) groups is 2. The van der Waals surface area contributed by atoms with E-state index in [1.807, 2.05) is 0 Å². The molecule has 1 rings (SSSR count). The molecule has 1 heterocycles. The summed E-state index contributed by atoms with van der Waals surface area (Å²) < 4.78 is 9.85. The van der Waals surface area contributed by atoms with Crippen molar-refractivity contribution in [3.63, 3.8) is 0 Å². The number of aromatic nitrogens is 2. The fourth-order valence-corrected chi connectivity index (χ4v) is 1.60. The summed E-state index contributed by atoms with van der Waals surface area (Å²) in [6.45, 7) is 0. The largest absolute Gasteiger partial charge is 0.481 e. The predicted molar refractivity (Wildman–Crippen MR) is 68.7 cm³/mol. The number of anilines is 1. The van der Waals surface area contributed by atoms with Gasteiger partial charge >= 0.3 is 5.97 Å². The van der Waals surface area contributed by atoms with Gasteiger partial charge in [-0.2, -0.15) is 9.97 Å². The molecule has 2 N–H and O–H groups in total. The van der Waals surface area contributed by atoms with Gasteiger partial charge in [-0.15, -0.1) is 11.8 Å². The molecular formula is C10H13N3O5S. The molecule has 0 aliphatic rings. The summed E-state index contributed by atoms with van der Waals surface area (Å²) in [4.78, 5) is 29.6. The van der Waals surface area contributed by atoms with E-state index in [2.05, 4.69) is 15.3 Å². The molecule has 0 aliphatic heterocycles. The maximum atomic E-state index is 11.5. The Morgan fingerprint density at radius 1 is 1.26 bits per heavy atom. The Hall–Kier alpha value is -2.03. The normalized spacial score (nSPS) is 9.79. The summed E-state index contributed by atoms with van der Waals surface area (Å²) in [7, 11) is 2.85. The summed E-state index contributed by atoms with van der Waals surface area (Å²) >= 11 is 0.979. The monoisotopic (exact) mass is 287 g/mol. The Balaban J connectivity index is 2.60. The van der Waals surface area contributed by atoms with E-state index >= 15 is 0 Å². The highest BCUT2D eigenvalue weighted by Gasteiger charge is 2.09. The van der Waals surface area contributed by atoms with Crippen molar-refractivity contribution in [2.45, 2.75) is 0 Å². The molecular weight excluding hydrogens is 274 g/mol.